The van der Waals surface area contributed by atoms with E-state index in [2.05, 4.69) is 10.3 Å². The van der Waals surface area contributed by atoms with Crippen LogP contribution in [0, 0.1) is 0 Å². The van der Waals surface area contributed by atoms with Crippen LogP contribution in [-0.4, -0.2) is 23.1 Å². The van der Waals surface area contributed by atoms with Crippen LogP contribution in [0.4, 0.5) is 16.3 Å². The molecule has 0 spiro atoms. The summed E-state index contributed by atoms with van der Waals surface area (Å²) in [7, 11) is 0. The van der Waals surface area contributed by atoms with Crippen LogP contribution >= 0.6 is 0 Å². The molecule has 1 atom stereocenters. The molecule has 0 saturated carbocycles. The molecule has 2 heterocycles. The number of hydrogen-bond donors (Lipinski definition) is 1. The Bertz CT molecular complexity index is 731. The standard InChI is InChI=1S/C17H17N3O3/c1-11(2)23-17(22)20-14(12-7-4-3-5-8-12)16(21)19-13-9-6-10-18-15(13)20/h3-11,14H,1-2H3,(H,19,21)/t14-/m1/s1. The zero-order valence-corrected chi connectivity index (χ0v) is 12.9. The lowest BCUT2D eigenvalue weighted by Gasteiger charge is -2.35. The van der Waals surface area contributed by atoms with Crippen molar-refractivity contribution in [3.8, 4) is 0 Å². The second-order valence-electron chi connectivity index (χ2n) is 5.48. The molecule has 1 aliphatic heterocycles. The summed E-state index contributed by atoms with van der Waals surface area (Å²) < 4.78 is 5.31. The monoisotopic (exact) mass is 311 g/mol. The van der Waals surface area contributed by atoms with Gasteiger partial charge in [-0.3, -0.25) is 4.79 Å². The molecule has 1 N–H and O–H groups in total. The minimum atomic E-state index is -0.815. The van der Waals surface area contributed by atoms with E-state index in [1.165, 1.54) is 4.90 Å². The topological polar surface area (TPSA) is 71.5 Å². The number of pyridine rings is 1. The molecule has 6 nitrogen and oxygen atoms in total. The van der Waals surface area contributed by atoms with Crippen LogP contribution in [0.5, 0.6) is 0 Å². The summed E-state index contributed by atoms with van der Waals surface area (Å²) in [5.74, 6) is 0.0870. The van der Waals surface area contributed by atoms with Gasteiger partial charge in [0.1, 0.15) is 6.04 Å². The first-order chi connectivity index (χ1) is 11.1. The predicted octanol–water partition coefficient (Wildman–Crippen LogP) is 3.13. The lowest BCUT2D eigenvalue weighted by atomic mass is 10.0. The van der Waals surface area contributed by atoms with Gasteiger partial charge in [0, 0.05) is 6.20 Å². The maximum atomic E-state index is 12.6. The molecule has 118 valence electrons. The molecule has 23 heavy (non-hydrogen) atoms. The fourth-order valence-corrected chi connectivity index (χ4v) is 2.51. The number of benzene rings is 1. The van der Waals surface area contributed by atoms with E-state index < -0.39 is 12.1 Å². The summed E-state index contributed by atoms with van der Waals surface area (Å²) in [6, 6.07) is 11.7. The Kier molecular flexibility index (Phi) is 3.97. The molecule has 0 saturated heterocycles. The van der Waals surface area contributed by atoms with Crippen molar-refractivity contribution in [2.24, 2.45) is 0 Å². The van der Waals surface area contributed by atoms with Crippen molar-refractivity contribution in [2.45, 2.75) is 26.0 Å². The van der Waals surface area contributed by atoms with Gasteiger partial charge in [0.2, 0.25) is 0 Å². The number of carbonyl (C=O) groups excluding carboxylic acids is 2. The zero-order chi connectivity index (χ0) is 16.4. The van der Waals surface area contributed by atoms with Crippen LogP contribution in [0.2, 0.25) is 0 Å². The van der Waals surface area contributed by atoms with Gasteiger partial charge in [-0.2, -0.15) is 0 Å². The van der Waals surface area contributed by atoms with Crippen LogP contribution in [0.1, 0.15) is 25.5 Å². The Hall–Kier alpha value is -2.89. The summed E-state index contributed by atoms with van der Waals surface area (Å²) in [4.78, 5) is 30.7. The number of fused-ring (bicyclic) bond motifs is 1. The maximum Gasteiger partial charge on any atom is 0.416 e. The van der Waals surface area contributed by atoms with Crippen LogP contribution in [-0.2, 0) is 9.53 Å². The van der Waals surface area contributed by atoms with Crippen LogP contribution in [0.15, 0.2) is 48.7 Å². The minimum absolute atomic E-state index is 0.294. The number of carbonyl (C=O) groups is 2. The molecule has 2 aromatic rings. The maximum absolute atomic E-state index is 12.6. The minimum Gasteiger partial charge on any atom is -0.446 e. The molecular weight excluding hydrogens is 294 g/mol. The van der Waals surface area contributed by atoms with Gasteiger partial charge in [0.05, 0.1) is 11.8 Å². The molecule has 0 bridgehead atoms. The zero-order valence-electron chi connectivity index (χ0n) is 12.9. The van der Waals surface area contributed by atoms with Gasteiger partial charge in [0.15, 0.2) is 5.82 Å². The largest absolute Gasteiger partial charge is 0.446 e. The van der Waals surface area contributed by atoms with Crippen molar-refractivity contribution in [1.82, 2.24) is 4.98 Å². The van der Waals surface area contributed by atoms with E-state index in [1.807, 2.05) is 18.2 Å². The number of hydrogen-bond acceptors (Lipinski definition) is 4. The molecule has 1 aliphatic rings. The number of rotatable bonds is 2. The number of amides is 2. The summed E-state index contributed by atoms with van der Waals surface area (Å²) in [5, 5.41) is 2.80. The smallest absolute Gasteiger partial charge is 0.416 e. The number of aromatic nitrogens is 1. The second kappa shape index (κ2) is 6.08. The molecule has 1 aromatic heterocycles. The summed E-state index contributed by atoms with van der Waals surface area (Å²) in [5.41, 5.74) is 1.19. The van der Waals surface area contributed by atoms with Gasteiger partial charge in [-0.15, -0.1) is 0 Å². The fourth-order valence-electron chi connectivity index (χ4n) is 2.51. The Labute approximate surface area is 134 Å². The average Bonchev–Trinajstić information content (AvgIpc) is 2.53. The third-order valence-corrected chi connectivity index (χ3v) is 3.43. The average molecular weight is 311 g/mol. The third kappa shape index (κ3) is 2.88. The third-order valence-electron chi connectivity index (χ3n) is 3.43. The molecule has 0 aliphatic carbocycles. The SMILES string of the molecule is CC(C)OC(=O)N1c2ncccc2NC(=O)[C@H]1c1ccccc1. The van der Waals surface area contributed by atoms with Crippen molar-refractivity contribution in [3.63, 3.8) is 0 Å². The van der Waals surface area contributed by atoms with Crippen molar-refractivity contribution in [2.75, 3.05) is 10.2 Å². The lowest BCUT2D eigenvalue weighted by Crippen LogP contribution is -2.46. The molecule has 0 radical (unpaired) electrons. The number of anilines is 2. The number of nitrogens with one attached hydrogen (secondary N) is 1. The number of nitrogens with zero attached hydrogens (tertiary/aromatic N) is 2. The molecule has 6 heteroatoms. The van der Waals surface area contributed by atoms with E-state index in [-0.39, 0.29) is 12.0 Å². The quantitative estimate of drug-likeness (QED) is 0.925. The van der Waals surface area contributed by atoms with Crippen molar-refractivity contribution >= 4 is 23.5 Å². The lowest BCUT2D eigenvalue weighted by molar-refractivity contribution is -0.117. The van der Waals surface area contributed by atoms with Gasteiger partial charge < -0.3 is 10.1 Å². The van der Waals surface area contributed by atoms with Crippen LogP contribution in [0.3, 0.4) is 0 Å². The first-order valence-electron chi connectivity index (χ1n) is 7.38. The van der Waals surface area contributed by atoms with Crippen molar-refractivity contribution in [1.29, 1.82) is 0 Å². The second-order valence-corrected chi connectivity index (χ2v) is 5.48. The van der Waals surface area contributed by atoms with Gasteiger partial charge in [-0.25, -0.2) is 14.7 Å². The highest BCUT2D eigenvalue weighted by atomic mass is 16.6. The van der Waals surface area contributed by atoms with E-state index in [0.717, 1.165) is 0 Å². The van der Waals surface area contributed by atoms with Gasteiger partial charge in [0.25, 0.3) is 5.91 Å². The summed E-state index contributed by atoms with van der Waals surface area (Å²) in [6.07, 6.45) is 0.688. The van der Waals surface area contributed by atoms with Crippen molar-refractivity contribution in [3.05, 3.63) is 54.2 Å². The van der Waals surface area contributed by atoms with Gasteiger partial charge in [-0.1, -0.05) is 30.3 Å². The highest BCUT2D eigenvalue weighted by Crippen LogP contribution is 2.37. The van der Waals surface area contributed by atoms with Crippen molar-refractivity contribution < 1.29 is 14.3 Å². The Morgan fingerprint density at radius 1 is 1.22 bits per heavy atom. The molecular formula is C17H17N3O3. The predicted molar refractivity (Wildman–Crippen MR) is 86.1 cm³/mol. The highest BCUT2D eigenvalue weighted by molar-refractivity contribution is 6.09. The Morgan fingerprint density at radius 3 is 2.65 bits per heavy atom. The van der Waals surface area contributed by atoms with E-state index in [1.54, 1.807) is 44.3 Å². The van der Waals surface area contributed by atoms with Crippen LogP contribution in [0.25, 0.3) is 0 Å². The molecule has 2 amide bonds. The van der Waals surface area contributed by atoms with E-state index >= 15 is 0 Å². The van der Waals surface area contributed by atoms with E-state index in [9.17, 15) is 9.59 Å². The molecule has 0 fully saturated rings. The van der Waals surface area contributed by atoms with Gasteiger partial charge >= 0.3 is 6.09 Å². The van der Waals surface area contributed by atoms with Gasteiger partial charge in [-0.05, 0) is 31.5 Å². The Balaban J connectivity index is 2.10. The van der Waals surface area contributed by atoms with E-state index in [4.69, 9.17) is 4.74 Å². The first kappa shape index (κ1) is 15.0. The molecule has 3 rings (SSSR count). The molecule has 1 aromatic carbocycles. The van der Waals surface area contributed by atoms with Crippen LogP contribution < -0.4 is 10.2 Å². The summed E-state index contributed by atoms with van der Waals surface area (Å²) >= 11 is 0. The first-order valence-corrected chi connectivity index (χ1v) is 7.38. The van der Waals surface area contributed by atoms with E-state index in [0.29, 0.717) is 17.1 Å². The highest BCUT2D eigenvalue weighted by Gasteiger charge is 2.40. The number of ether oxygens (including phenoxy) is 1. The fraction of sp³-hybridized carbons (Fsp3) is 0.235. The normalized spacial score (nSPS) is 16.7. The molecule has 0 unspecified atom stereocenters. The Morgan fingerprint density at radius 2 is 1.96 bits per heavy atom. The summed E-state index contributed by atoms with van der Waals surface area (Å²) in [6.45, 7) is 3.53.